The molecule has 0 saturated heterocycles. The van der Waals surface area contributed by atoms with Crippen molar-refractivity contribution in [3.8, 4) is 0 Å². The molecule has 0 aliphatic carbocycles. The van der Waals surface area contributed by atoms with Gasteiger partial charge in [-0.15, -0.1) is 0 Å². The lowest BCUT2D eigenvalue weighted by Gasteiger charge is -2.32. The molecule has 0 aliphatic rings. The lowest BCUT2D eigenvalue weighted by molar-refractivity contribution is 1.22. The van der Waals surface area contributed by atoms with Crippen molar-refractivity contribution in [1.29, 1.82) is 0 Å². The predicted octanol–water partition coefficient (Wildman–Crippen LogP) is 16.5. The highest BCUT2D eigenvalue weighted by Crippen LogP contribution is 2.45. The van der Waals surface area contributed by atoms with Crippen molar-refractivity contribution in [1.82, 2.24) is 0 Å². The van der Waals surface area contributed by atoms with E-state index in [1.54, 1.807) is 0 Å². The first-order valence-electron chi connectivity index (χ1n) is 20.8. The van der Waals surface area contributed by atoms with Gasteiger partial charge in [0.25, 0.3) is 0 Å². The summed E-state index contributed by atoms with van der Waals surface area (Å²) in [7, 11) is 0. The summed E-state index contributed by atoms with van der Waals surface area (Å²) in [5, 5.41) is 0. The summed E-state index contributed by atoms with van der Waals surface area (Å²) in [6.07, 6.45) is 0. The monoisotopic (exact) mass is 788 g/mol. The van der Waals surface area contributed by atoms with Crippen molar-refractivity contribution in [2.75, 3.05) is 19.6 Å². The molecule has 9 rings (SSSR count). The maximum Gasteiger partial charge on any atom is 0.0482 e. The lowest BCUT2D eigenvalue weighted by Crippen LogP contribution is -2.15. The van der Waals surface area contributed by atoms with Crippen molar-refractivity contribution in [3.63, 3.8) is 0 Å². The number of nitrogens with zero attached hydrogens (tertiary/aromatic N) is 4. The Morgan fingerprint density at radius 3 is 0.590 bits per heavy atom. The summed E-state index contributed by atoms with van der Waals surface area (Å²) in [4.78, 5) is 9.40. The summed E-state index contributed by atoms with van der Waals surface area (Å²) in [5.41, 5.74) is 16.5. The molecule has 0 fully saturated rings. The van der Waals surface area contributed by atoms with E-state index >= 15 is 0 Å². The van der Waals surface area contributed by atoms with Crippen LogP contribution in [0.15, 0.2) is 237 Å². The maximum absolute atomic E-state index is 2.38. The Bertz CT molecular complexity index is 2560. The van der Waals surface area contributed by atoms with Crippen molar-refractivity contribution in [3.05, 3.63) is 253 Å². The van der Waals surface area contributed by atoms with Gasteiger partial charge in [-0.1, -0.05) is 109 Å². The molecule has 0 amide bonds. The van der Waals surface area contributed by atoms with E-state index in [0.717, 1.165) is 68.2 Å². The predicted molar refractivity (Wildman–Crippen MR) is 259 cm³/mol. The van der Waals surface area contributed by atoms with Gasteiger partial charge < -0.3 is 19.6 Å². The molecule has 0 atom stereocenters. The van der Waals surface area contributed by atoms with Crippen LogP contribution < -0.4 is 19.6 Å². The van der Waals surface area contributed by atoms with E-state index in [1.165, 1.54) is 16.7 Å². The summed E-state index contributed by atoms with van der Waals surface area (Å²) in [6, 6.07) is 84.7. The molecule has 0 N–H and O–H groups in total. The Labute approximate surface area is 360 Å². The van der Waals surface area contributed by atoms with Gasteiger partial charge in [0.2, 0.25) is 0 Å². The fraction of sp³-hybridized carbons (Fsp3) is 0.0526. The quantitative estimate of drug-likeness (QED) is 0.122. The number of anilines is 12. The molecule has 61 heavy (non-hydrogen) atoms. The van der Waals surface area contributed by atoms with Crippen LogP contribution in [0.3, 0.4) is 0 Å². The van der Waals surface area contributed by atoms with Gasteiger partial charge in [0.1, 0.15) is 0 Å². The number of benzene rings is 9. The zero-order valence-electron chi connectivity index (χ0n) is 34.8. The van der Waals surface area contributed by atoms with E-state index < -0.39 is 0 Å². The van der Waals surface area contributed by atoms with Gasteiger partial charge >= 0.3 is 0 Å². The van der Waals surface area contributed by atoms with Crippen molar-refractivity contribution in [2.45, 2.75) is 20.8 Å². The number of para-hydroxylation sites is 3. The molecule has 296 valence electrons. The van der Waals surface area contributed by atoms with Crippen LogP contribution in [0.2, 0.25) is 0 Å². The van der Waals surface area contributed by atoms with Crippen molar-refractivity contribution < 1.29 is 0 Å². The van der Waals surface area contributed by atoms with Gasteiger partial charge in [-0.2, -0.15) is 0 Å². The fourth-order valence-corrected chi connectivity index (χ4v) is 8.13. The van der Waals surface area contributed by atoms with Crippen LogP contribution in [0.5, 0.6) is 0 Å². The summed E-state index contributed by atoms with van der Waals surface area (Å²) in [6.45, 7) is 6.45. The number of hydrogen-bond acceptors (Lipinski definition) is 4. The molecule has 9 aromatic carbocycles. The average Bonchev–Trinajstić information content (AvgIpc) is 3.29. The van der Waals surface area contributed by atoms with Crippen LogP contribution in [-0.4, -0.2) is 0 Å². The Morgan fingerprint density at radius 2 is 0.361 bits per heavy atom. The SMILES string of the molecule is Cc1cccc(N(c2ccccc2)c2cccc(N(c3cccc(N(c4ccccc4)c4cccc(C)c4)c3)c3cccc(N(c4ccccc4)c4cccc(C)c4)c3)c2)c1. The Balaban J connectivity index is 1.24. The van der Waals surface area contributed by atoms with Crippen LogP contribution in [0.25, 0.3) is 0 Å². The van der Waals surface area contributed by atoms with E-state index in [-0.39, 0.29) is 0 Å². The Kier molecular flexibility index (Phi) is 11.1. The topological polar surface area (TPSA) is 13.0 Å². The second kappa shape index (κ2) is 17.6. The van der Waals surface area contributed by atoms with Gasteiger partial charge in [-0.3, -0.25) is 0 Å². The van der Waals surface area contributed by atoms with Gasteiger partial charge in [0, 0.05) is 68.2 Å². The smallest absolute Gasteiger partial charge is 0.0482 e. The highest BCUT2D eigenvalue weighted by Gasteiger charge is 2.21. The molecule has 0 bridgehead atoms. The molecule has 4 heteroatoms. The Morgan fingerprint density at radius 1 is 0.180 bits per heavy atom. The summed E-state index contributed by atoms with van der Waals surface area (Å²) in [5.74, 6) is 0. The average molecular weight is 789 g/mol. The van der Waals surface area contributed by atoms with E-state index in [9.17, 15) is 0 Å². The third-order valence-electron chi connectivity index (χ3n) is 10.9. The molecule has 0 spiro atoms. The number of rotatable bonds is 12. The normalized spacial score (nSPS) is 10.9. The standard InChI is InChI=1S/C57H48N4/c1-43-19-13-28-49(37-43)58(46-22-7-4-8-23-46)52-31-16-34-55(40-52)61(56-35-17-32-53(41-56)59(47-24-9-5-10-25-47)50-29-14-20-44(2)38-50)57-36-18-33-54(42-57)60(48-26-11-6-12-27-48)51-30-15-21-45(3)39-51/h4-42H,1-3H3. The van der Waals surface area contributed by atoms with Gasteiger partial charge in [0.05, 0.1) is 0 Å². The third kappa shape index (κ3) is 8.52. The van der Waals surface area contributed by atoms with Crippen LogP contribution in [0, 0.1) is 20.8 Å². The second-order valence-electron chi connectivity index (χ2n) is 15.4. The third-order valence-corrected chi connectivity index (χ3v) is 10.9. The first-order chi connectivity index (χ1) is 30.0. The van der Waals surface area contributed by atoms with Crippen LogP contribution in [0.4, 0.5) is 68.2 Å². The number of hydrogen-bond donors (Lipinski definition) is 0. The zero-order valence-corrected chi connectivity index (χ0v) is 34.8. The molecule has 9 aromatic rings. The molecule has 0 saturated carbocycles. The van der Waals surface area contributed by atoms with Crippen LogP contribution >= 0.6 is 0 Å². The Hall–Kier alpha value is -7.82. The van der Waals surface area contributed by atoms with E-state index in [0.29, 0.717) is 0 Å². The van der Waals surface area contributed by atoms with Crippen molar-refractivity contribution in [2.24, 2.45) is 0 Å². The molecule has 0 heterocycles. The molecular formula is C57H48N4. The van der Waals surface area contributed by atoms with Gasteiger partial charge in [-0.05, 0) is 165 Å². The minimum absolute atomic E-state index is 1.03. The second-order valence-corrected chi connectivity index (χ2v) is 15.4. The van der Waals surface area contributed by atoms with E-state index in [1.807, 2.05) is 0 Å². The summed E-state index contributed by atoms with van der Waals surface area (Å²) < 4.78 is 0. The lowest BCUT2D eigenvalue weighted by atomic mass is 10.1. The number of aryl methyl sites for hydroxylation is 3. The first kappa shape index (κ1) is 38.7. The van der Waals surface area contributed by atoms with Crippen LogP contribution in [-0.2, 0) is 0 Å². The molecule has 4 nitrogen and oxygen atoms in total. The van der Waals surface area contributed by atoms with E-state index in [2.05, 4.69) is 277 Å². The minimum atomic E-state index is 1.03. The first-order valence-corrected chi connectivity index (χ1v) is 20.8. The van der Waals surface area contributed by atoms with E-state index in [4.69, 9.17) is 0 Å². The fourth-order valence-electron chi connectivity index (χ4n) is 8.13. The largest absolute Gasteiger partial charge is 0.310 e. The van der Waals surface area contributed by atoms with Crippen LogP contribution in [0.1, 0.15) is 16.7 Å². The highest BCUT2D eigenvalue weighted by molar-refractivity contribution is 5.88. The molecule has 0 aliphatic heterocycles. The van der Waals surface area contributed by atoms with Gasteiger partial charge in [0.15, 0.2) is 0 Å². The maximum atomic E-state index is 2.38. The zero-order chi connectivity index (χ0) is 41.5. The van der Waals surface area contributed by atoms with Gasteiger partial charge in [-0.25, -0.2) is 0 Å². The molecular weight excluding hydrogens is 741 g/mol. The molecule has 0 aromatic heterocycles. The minimum Gasteiger partial charge on any atom is -0.310 e. The highest BCUT2D eigenvalue weighted by atomic mass is 15.2. The molecule has 0 unspecified atom stereocenters. The summed E-state index contributed by atoms with van der Waals surface area (Å²) >= 11 is 0. The molecule has 0 radical (unpaired) electrons. The van der Waals surface area contributed by atoms with Crippen molar-refractivity contribution >= 4 is 68.2 Å².